The number of aromatic nitrogens is 6. The molecule has 0 N–H and O–H groups in total. The van der Waals surface area contributed by atoms with Crippen molar-refractivity contribution >= 4 is 90.3 Å². The van der Waals surface area contributed by atoms with E-state index in [2.05, 4.69) is 248 Å². The standard InChI is InChI=1S/C80H70B2N6O2/c1-11-13-47-15-37-67-57(39-47)81-59-41-63(55-29-21-51(22-30-55)45(7)8)85-73-71-65(35-33-61(83-71)53-25-17-49(18-26-53)43(3)4)87(75(59)73)77-69(81)79(89-67)78-70-80(77)90-68-38-16-48(14-12-2)40-58(68)82(70)60-42-64(56-31-23-52(24-32-56)46(9)10)86-74-72-66(88(78)76(60)74)36-34-62(84-72)54-27-19-50(20-28-54)44(5)6/h15-46H,11-14H2,1-10H3. The zero-order valence-electron chi connectivity index (χ0n) is 53.0. The molecule has 13 aromatic rings. The lowest BCUT2D eigenvalue weighted by molar-refractivity contribution is 0.472. The number of pyridine rings is 4. The summed E-state index contributed by atoms with van der Waals surface area (Å²) >= 11 is 0. The molecular formula is C80H70B2N6O2. The van der Waals surface area contributed by atoms with Crippen molar-refractivity contribution < 1.29 is 9.47 Å². The topological polar surface area (TPSA) is 79.9 Å². The third kappa shape index (κ3) is 8.14. The molecule has 7 aromatic carbocycles. The fourth-order valence-corrected chi connectivity index (χ4v) is 15.2. The van der Waals surface area contributed by atoms with E-state index in [9.17, 15) is 0 Å². The highest BCUT2D eigenvalue weighted by atomic mass is 16.5. The number of aryl methyl sites for hydroxylation is 2. The molecule has 0 bridgehead atoms. The minimum Gasteiger partial charge on any atom is -0.456 e. The van der Waals surface area contributed by atoms with E-state index in [1.807, 2.05) is 0 Å². The quantitative estimate of drug-likeness (QED) is 0.113. The van der Waals surface area contributed by atoms with Crippen molar-refractivity contribution in [3.8, 4) is 79.4 Å². The Bertz CT molecular complexity index is 4830. The molecule has 0 spiro atoms. The Kier molecular flexibility index (Phi) is 12.4. The average molecular weight is 1170 g/mol. The molecular weight excluding hydrogens is 1100 g/mol. The van der Waals surface area contributed by atoms with E-state index in [0.29, 0.717) is 23.7 Å². The maximum Gasteiger partial charge on any atom is 0.256 e. The van der Waals surface area contributed by atoms with Crippen LogP contribution in [-0.4, -0.2) is 42.5 Å². The second-order valence-corrected chi connectivity index (χ2v) is 27.0. The van der Waals surface area contributed by atoms with Crippen molar-refractivity contribution in [3.63, 3.8) is 0 Å². The second kappa shape index (κ2) is 20.5. The van der Waals surface area contributed by atoms with Crippen LogP contribution in [0.3, 0.4) is 0 Å². The molecule has 0 aliphatic carbocycles. The minimum atomic E-state index is -0.293. The zero-order chi connectivity index (χ0) is 61.1. The summed E-state index contributed by atoms with van der Waals surface area (Å²) in [5.41, 5.74) is 31.6. The van der Waals surface area contributed by atoms with E-state index in [1.54, 1.807) is 0 Å². The monoisotopic (exact) mass is 1170 g/mol. The lowest BCUT2D eigenvalue weighted by Crippen LogP contribution is -2.63. The first kappa shape index (κ1) is 54.6. The molecule has 438 valence electrons. The Morgan fingerprint density at radius 2 is 0.689 bits per heavy atom. The molecule has 10 heteroatoms. The molecule has 0 atom stereocenters. The molecule has 8 nitrogen and oxygen atoms in total. The van der Waals surface area contributed by atoms with Gasteiger partial charge in [-0.05, 0) is 140 Å². The summed E-state index contributed by atoms with van der Waals surface area (Å²) in [5, 5.41) is 0. The first-order valence-corrected chi connectivity index (χ1v) is 32.8. The first-order chi connectivity index (χ1) is 43.8. The van der Waals surface area contributed by atoms with Gasteiger partial charge >= 0.3 is 0 Å². The third-order valence-electron chi connectivity index (χ3n) is 20.0. The minimum absolute atomic E-state index is 0.293. The fourth-order valence-electron chi connectivity index (χ4n) is 15.2. The molecule has 0 fully saturated rings. The maximum absolute atomic E-state index is 7.88. The number of ether oxygens (including phenoxy) is 2. The Balaban J connectivity index is 1.03. The van der Waals surface area contributed by atoms with Gasteiger partial charge in [0.2, 0.25) is 0 Å². The summed E-state index contributed by atoms with van der Waals surface area (Å²) < 4.78 is 20.7. The Morgan fingerprint density at radius 1 is 0.356 bits per heavy atom. The molecule has 4 aliphatic heterocycles. The highest BCUT2D eigenvalue weighted by Gasteiger charge is 2.51. The number of hydrogen-bond donors (Lipinski definition) is 0. The van der Waals surface area contributed by atoms with Gasteiger partial charge in [0.15, 0.2) is 0 Å². The van der Waals surface area contributed by atoms with Gasteiger partial charge in [0.05, 0.1) is 56.2 Å². The van der Waals surface area contributed by atoms with Gasteiger partial charge in [-0.15, -0.1) is 0 Å². The Labute approximate surface area is 527 Å². The van der Waals surface area contributed by atoms with Crippen molar-refractivity contribution in [2.45, 2.75) is 119 Å². The van der Waals surface area contributed by atoms with Crippen molar-refractivity contribution in [2.24, 2.45) is 0 Å². The highest BCUT2D eigenvalue weighted by Crippen LogP contribution is 2.49. The molecule has 0 amide bonds. The fraction of sp³-hybridized carbons (Fsp3) is 0.225. The van der Waals surface area contributed by atoms with Crippen molar-refractivity contribution in [2.75, 3.05) is 0 Å². The predicted molar refractivity (Wildman–Crippen MR) is 375 cm³/mol. The lowest BCUT2D eigenvalue weighted by atomic mass is 9.31. The number of nitrogens with zero attached hydrogens (tertiary/aromatic N) is 6. The molecule has 10 heterocycles. The van der Waals surface area contributed by atoms with Crippen molar-refractivity contribution in [1.82, 2.24) is 29.1 Å². The van der Waals surface area contributed by atoms with Crippen LogP contribution in [0, 0.1) is 0 Å². The molecule has 90 heavy (non-hydrogen) atoms. The van der Waals surface area contributed by atoms with Crippen LogP contribution in [-0.2, 0) is 12.8 Å². The van der Waals surface area contributed by atoms with Gasteiger partial charge in [0, 0.05) is 33.2 Å². The van der Waals surface area contributed by atoms with E-state index in [0.717, 1.165) is 182 Å². The Hall–Kier alpha value is -9.53. The Morgan fingerprint density at radius 3 is 1.02 bits per heavy atom. The third-order valence-corrected chi connectivity index (χ3v) is 20.0. The van der Waals surface area contributed by atoms with Gasteiger partial charge in [0.1, 0.15) is 45.1 Å². The second-order valence-electron chi connectivity index (χ2n) is 27.0. The maximum atomic E-state index is 7.88. The highest BCUT2D eigenvalue weighted by molar-refractivity contribution is 7.02. The lowest BCUT2D eigenvalue weighted by Gasteiger charge is -2.41. The van der Waals surface area contributed by atoms with Gasteiger partial charge in [0.25, 0.3) is 13.4 Å². The smallest absolute Gasteiger partial charge is 0.256 e. The van der Waals surface area contributed by atoms with E-state index < -0.39 is 0 Å². The van der Waals surface area contributed by atoms with Gasteiger partial charge in [-0.3, -0.25) is 0 Å². The van der Waals surface area contributed by atoms with Crippen LogP contribution in [0.1, 0.15) is 139 Å². The summed E-state index contributed by atoms with van der Waals surface area (Å²) in [6, 6.07) is 63.5. The van der Waals surface area contributed by atoms with Gasteiger partial charge in [-0.2, -0.15) is 0 Å². The molecule has 0 saturated heterocycles. The van der Waals surface area contributed by atoms with Gasteiger partial charge < -0.3 is 18.6 Å². The molecule has 6 aromatic heterocycles. The van der Waals surface area contributed by atoms with Crippen LogP contribution < -0.4 is 42.3 Å². The van der Waals surface area contributed by atoms with Crippen molar-refractivity contribution in [3.05, 3.63) is 203 Å². The van der Waals surface area contributed by atoms with Crippen LogP contribution in [0.15, 0.2) is 170 Å². The predicted octanol–water partition coefficient (Wildman–Crippen LogP) is 16.4. The summed E-state index contributed by atoms with van der Waals surface area (Å²) in [4.78, 5) is 23.1. The normalized spacial score (nSPS) is 13.3. The molecule has 0 saturated carbocycles. The molecule has 17 rings (SSSR count). The van der Waals surface area contributed by atoms with Gasteiger partial charge in [-0.25, -0.2) is 19.9 Å². The summed E-state index contributed by atoms with van der Waals surface area (Å²) in [7, 11) is 0. The van der Waals surface area contributed by atoms with E-state index in [4.69, 9.17) is 29.4 Å². The largest absolute Gasteiger partial charge is 0.456 e. The van der Waals surface area contributed by atoms with E-state index in [1.165, 1.54) is 33.4 Å². The SMILES string of the molecule is CCCc1ccc2c(c1)B1c3c(c4c5c(c3-n3c6ccc(-c7ccc(C(C)C)cc7)nc6c6nc(-c7ccc(C(C)C)cc7)cc1c63)Oc1ccc(CCC)cc1B5c1cc(-c3ccc(C(C)C)cc3)nc3c5nc(-c6ccc(C(C)C)cc6)ccc5n-4c13)O2. The summed E-state index contributed by atoms with van der Waals surface area (Å²) in [5.74, 6) is 4.92. The molecule has 0 unspecified atom stereocenters. The van der Waals surface area contributed by atoms with E-state index in [-0.39, 0.29) is 13.4 Å². The zero-order valence-corrected chi connectivity index (χ0v) is 53.0. The summed E-state index contributed by atoms with van der Waals surface area (Å²) in [6.45, 7) is 21.9. The molecule has 4 aliphatic rings. The molecule has 0 radical (unpaired) electrons. The van der Waals surface area contributed by atoms with Crippen LogP contribution in [0.4, 0.5) is 0 Å². The number of rotatable bonds is 12. The first-order valence-electron chi connectivity index (χ1n) is 32.8. The number of benzene rings is 7. The van der Waals surface area contributed by atoms with Gasteiger partial charge in [-0.1, -0.05) is 203 Å². The van der Waals surface area contributed by atoms with E-state index >= 15 is 0 Å². The van der Waals surface area contributed by atoms with Crippen LogP contribution in [0.25, 0.3) is 101 Å². The van der Waals surface area contributed by atoms with Crippen LogP contribution in [0.2, 0.25) is 0 Å². The van der Waals surface area contributed by atoms with Crippen molar-refractivity contribution in [1.29, 1.82) is 0 Å². The van der Waals surface area contributed by atoms with Crippen LogP contribution >= 0.6 is 0 Å². The number of fused-ring (bicyclic) bond motifs is 16. The average Bonchev–Trinajstić information content (AvgIpc) is 1.45. The summed E-state index contributed by atoms with van der Waals surface area (Å²) in [6.07, 6.45) is 3.92. The number of hydrogen-bond acceptors (Lipinski definition) is 6. The van der Waals surface area contributed by atoms with Crippen LogP contribution in [0.5, 0.6) is 23.0 Å².